The average molecular weight is 364 g/mol. The summed E-state index contributed by atoms with van der Waals surface area (Å²) < 4.78 is 44.8. The summed E-state index contributed by atoms with van der Waals surface area (Å²) in [5, 5.41) is 2.38. The van der Waals surface area contributed by atoms with E-state index in [-0.39, 0.29) is 18.3 Å². The molecule has 26 heavy (non-hydrogen) atoms. The van der Waals surface area contributed by atoms with E-state index < -0.39 is 17.6 Å². The lowest BCUT2D eigenvalue weighted by Crippen LogP contribution is -2.42. The number of alkyl halides is 3. The molecular formula is C19H19F3N2O2. The van der Waals surface area contributed by atoms with Crippen LogP contribution in [0.5, 0.6) is 0 Å². The molecule has 2 aromatic carbocycles. The molecule has 3 rings (SSSR count). The average Bonchev–Trinajstić information content (AvgIpc) is 2.62. The van der Waals surface area contributed by atoms with Crippen molar-refractivity contribution < 1.29 is 22.7 Å². The van der Waals surface area contributed by atoms with Crippen LogP contribution in [0, 0.1) is 0 Å². The molecule has 1 amide bonds. The Morgan fingerprint density at radius 1 is 1.12 bits per heavy atom. The molecule has 1 aliphatic heterocycles. The lowest BCUT2D eigenvalue weighted by atomic mass is 10.1. The van der Waals surface area contributed by atoms with Gasteiger partial charge in [-0.15, -0.1) is 0 Å². The fraction of sp³-hybridized carbons (Fsp3) is 0.316. The third kappa shape index (κ3) is 4.62. The minimum absolute atomic E-state index is 0.0128. The number of morpholine rings is 1. The molecule has 1 aliphatic rings. The summed E-state index contributed by atoms with van der Waals surface area (Å²) in [6.07, 6.45) is -4.67. The van der Waals surface area contributed by atoms with Gasteiger partial charge >= 0.3 is 6.18 Å². The van der Waals surface area contributed by atoms with Gasteiger partial charge in [-0.3, -0.25) is 9.69 Å². The lowest BCUT2D eigenvalue weighted by molar-refractivity contribution is -0.137. The van der Waals surface area contributed by atoms with Gasteiger partial charge in [0.25, 0.3) is 0 Å². The van der Waals surface area contributed by atoms with E-state index in [4.69, 9.17) is 4.74 Å². The Morgan fingerprint density at radius 2 is 1.81 bits per heavy atom. The van der Waals surface area contributed by atoms with Crippen LogP contribution >= 0.6 is 0 Å². The zero-order valence-corrected chi connectivity index (χ0v) is 14.0. The smallest absolute Gasteiger partial charge is 0.371 e. The fourth-order valence-electron chi connectivity index (χ4n) is 2.95. The van der Waals surface area contributed by atoms with Crippen LogP contribution in [0.1, 0.15) is 17.2 Å². The third-order valence-corrected chi connectivity index (χ3v) is 4.20. The quantitative estimate of drug-likeness (QED) is 0.899. The van der Waals surface area contributed by atoms with Crippen molar-refractivity contribution in [1.82, 2.24) is 4.90 Å². The van der Waals surface area contributed by atoms with Gasteiger partial charge in [0.2, 0.25) is 5.91 Å². The normalized spacial score (nSPS) is 18.5. The molecule has 1 atom stereocenters. The van der Waals surface area contributed by atoms with E-state index in [0.29, 0.717) is 19.7 Å². The molecule has 1 N–H and O–H groups in total. The van der Waals surface area contributed by atoms with Gasteiger partial charge in [-0.25, -0.2) is 0 Å². The van der Waals surface area contributed by atoms with Gasteiger partial charge in [-0.2, -0.15) is 13.2 Å². The number of anilines is 1. The molecule has 7 heteroatoms. The third-order valence-electron chi connectivity index (χ3n) is 4.20. The van der Waals surface area contributed by atoms with Crippen molar-refractivity contribution in [3.63, 3.8) is 0 Å². The minimum Gasteiger partial charge on any atom is -0.371 e. The number of carbonyl (C=O) groups is 1. The van der Waals surface area contributed by atoms with Gasteiger partial charge < -0.3 is 10.1 Å². The first-order valence-electron chi connectivity index (χ1n) is 8.28. The monoisotopic (exact) mass is 364 g/mol. The molecule has 0 bridgehead atoms. The molecule has 4 nitrogen and oxygen atoms in total. The maximum Gasteiger partial charge on any atom is 0.418 e. The Labute approximate surface area is 149 Å². The van der Waals surface area contributed by atoms with Crippen LogP contribution in [-0.4, -0.2) is 37.0 Å². The van der Waals surface area contributed by atoms with Crippen molar-refractivity contribution >= 4 is 11.6 Å². The van der Waals surface area contributed by atoms with Gasteiger partial charge in [0.1, 0.15) is 0 Å². The van der Waals surface area contributed by atoms with Gasteiger partial charge in [0.05, 0.1) is 30.5 Å². The molecule has 138 valence electrons. The summed E-state index contributed by atoms with van der Waals surface area (Å²) in [7, 11) is 0. The number of nitrogens with one attached hydrogen (secondary N) is 1. The standard InChI is InChI=1S/C19H19F3N2O2/c20-19(21,22)15-8-4-5-9-16(15)23-18(25)13-24-10-11-26-17(12-24)14-6-2-1-3-7-14/h1-9,17H,10-13H2,(H,23,25). The Balaban J connectivity index is 1.62. The van der Waals surface area contributed by atoms with Crippen LogP contribution in [0.25, 0.3) is 0 Å². The number of carbonyl (C=O) groups excluding carboxylic acids is 1. The molecule has 0 aromatic heterocycles. The van der Waals surface area contributed by atoms with E-state index in [1.54, 1.807) is 0 Å². The number of halogens is 3. The largest absolute Gasteiger partial charge is 0.418 e. The van der Waals surface area contributed by atoms with E-state index in [1.165, 1.54) is 18.2 Å². The van der Waals surface area contributed by atoms with E-state index in [0.717, 1.165) is 11.6 Å². The topological polar surface area (TPSA) is 41.6 Å². The molecule has 0 spiro atoms. The number of benzene rings is 2. The van der Waals surface area contributed by atoms with E-state index >= 15 is 0 Å². The number of para-hydroxylation sites is 1. The Kier molecular flexibility index (Phi) is 5.58. The van der Waals surface area contributed by atoms with Crippen molar-refractivity contribution in [3.8, 4) is 0 Å². The molecule has 0 aliphatic carbocycles. The number of hydrogen-bond donors (Lipinski definition) is 1. The lowest BCUT2D eigenvalue weighted by Gasteiger charge is -2.32. The first-order valence-corrected chi connectivity index (χ1v) is 8.28. The molecule has 1 saturated heterocycles. The van der Waals surface area contributed by atoms with Crippen LogP contribution in [-0.2, 0) is 15.7 Å². The maximum atomic E-state index is 13.0. The van der Waals surface area contributed by atoms with Gasteiger partial charge in [0.15, 0.2) is 0 Å². The van der Waals surface area contributed by atoms with Crippen molar-refractivity contribution in [2.24, 2.45) is 0 Å². The molecular weight excluding hydrogens is 345 g/mol. The molecule has 0 saturated carbocycles. The minimum atomic E-state index is -4.51. The second-order valence-corrected chi connectivity index (χ2v) is 6.10. The highest BCUT2D eigenvalue weighted by Crippen LogP contribution is 2.34. The number of nitrogens with zero attached hydrogens (tertiary/aromatic N) is 1. The zero-order chi connectivity index (χ0) is 18.6. The SMILES string of the molecule is O=C(CN1CCOC(c2ccccc2)C1)Nc1ccccc1C(F)(F)F. The summed E-state index contributed by atoms with van der Waals surface area (Å²) in [4.78, 5) is 14.1. The molecule has 1 fully saturated rings. The van der Waals surface area contributed by atoms with Crippen LogP contribution in [0.15, 0.2) is 54.6 Å². The number of amides is 1. The summed E-state index contributed by atoms with van der Waals surface area (Å²) in [6, 6.07) is 14.6. The van der Waals surface area contributed by atoms with E-state index in [2.05, 4.69) is 5.32 Å². The highest BCUT2D eigenvalue weighted by molar-refractivity contribution is 5.93. The molecule has 2 aromatic rings. The van der Waals surface area contributed by atoms with Crippen LogP contribution < -0.4 is 5.32 Å². The maximum absolute atomic E-state index is 13.0. The molecule has 1 unspecified atom stereocenters. The predicted octanol–water partition coefficient (Wildman–Crippen LogP) is 3.72. The Bertz CT molecular complexity index is 750. The molecule has 1 heterocycles. The van der Waals surface area contributed by atoms with Crippen LogP contribution in [0.3, 0.4) is 0 Å². The number of rotatable bonds is 4. The Morgan fingerprint density at radius 3 is 2.54 bits per heavy atom. The summed E-state index contributed by atoms with van der Waals surface area (Å²) in [6.45, 7) is 1.54. The van der Waals surface area contributed by atoms with Crippen LogP contribution in [0.2, 0.25) is 0 Å². The van der Waals surface area contributed by atoms with Crippen molar-refractivity contribution in [2.45, 2.75) is 12.3 Å². The second-order valence-electron chi connectivity index (χ2n) is 6.10. The van der Waals surface area contributed by atoms with Gasteiger partial charge in [-0.1, -0.05) is 42.5 Å². The van der Waals surface area contributed by atoms with Crippen molar-refractivity contribution in [2.75, 3.05) is 31.6 Å². The van der Waals surface area contributed by atoms with Crippen molar-refractivity contribution in [3.05, 3.63) is 65.7 Å². The van der Waals surface area contributed by atoms with E-state index in [1.807, 2.05) is 35.2 Å². The second kappa shape index (κ2) is 7.88. The van der Waals surface area contributed by atoms with Crippen molar-refractivity contribution in [1.29, 1.82) is 0 Å². The van der Waals surface area contributed by atoms with E-state index in [9.17, 15) is 18.0 Å². The fourth-order valence-corrected chi connectivity index (χ4v) is 2.95. The first-order chi connectivity index (χ1) is 12.4. The van der Waals surface area contributed by atoms with Crippen LogP contribution in [0.4, 0.5) is 18.9 Å². The first kappa shape index (κ1) is 18.4. The van der Waals surface area contributed by atoms with Gasteiger partial charge in [-0.05, 0) is 17.7 Å². The van der Waals surface area contributed by atoms with Gasteiger partial charge in [0, 0.05) is 13.1 Å². The number of ether oxygens (including phenoxy) is 1. The zero-order valence-electron chi connectivity index (χ0n) is 14.0. The highest BCUT2D eigenvalue weighted by atomic mass is 19.4. The summed E-state index contributed by atoms with van der Waals surface area (Å²) >= 11 is 0. The predicted molar refractivity (Wildman–Crippen MR) is 91.6 cm³/mol. The summed E-state index contributed by atoms with van der Waals surface area (Å²) in [5.41, 5.74) is -0.0598. The Hall–Kier alpha value is -2.38. The summed E-state index contributed by atoms with van der Waals surface area (Å²) in [5.74, 6) is -0.476. The highest BCUT2D eigenvalue weighted by Gasteiger charge is 2.33. The molecule has 0 radical (unpaired) electrons. The number of hydrogen-bond acceptors (Lipinski definition) is 3.